The third-order valence-corrected chi connectivity index (χ3v) is 5.76. The average Bonchev–Trinajstić information content (AvgIpc) is 3.25. The molecule has 0 bridgehead atoms. The quantitative estimate of drug-likeness (QED) is 0.943. The number of aryl methyl sites for hydroxylation is 2. The van der Waals surface area contributed by atoms with Crippen LogP contribution in [0.1, 0.15) is 58.7 Å². The van der Waals surface area contributed by atoms with Gasteiger partial charge in [0.05, 0.1) is 11.7 Å². The number of H-pyrrole nitrogens is 1. The Bertz CT molecular complexity index is 685. The molecule has 0 saturated carbocycles. The Labute approximate surface area is 134 Å². The normalized spacial score (nSPS) is 21.7. The van der Waals surface area contributed by atoms with E-state index in [1.165, 1.54) is 47.8 Å². The maximum Gasteiger partial charge on any atom is 0.124 e. The van der Waals surface area contributed by atoms with Crippen LogP contribution in [0.2, 0.25) is 0 Å². The van der Waals surface area contributed by atoms with Crippen LogP contribution in [0, 0.1) is 11.3 Å². The van der Waals surface area contributed by atoms with Crippen molar-refractivity contribution in [1.29, 1.82) is 5.26 Å². The molecule has 0 radical (unpaired) electrons. The number of fused-ring (bicyclic) bond motifs is 1. The molecule has 0 spiro atoms. The Hall–Kier alpha value is -1.64. The molecule has 1 aliphatic heterocycles. The molecule has 22 heavy (non-hydrogen) atoms. The molecule has 4 nitrogen and oxygen atoms in total. The largest absolute Gasteiger partial charge is 0.344 e. The Morgan fingerprint density at radius 2 is 2.23 bits per heavy atom. The van der Waals surface area contributed by atoms with Crippen LogP contribution in [-0.2, 0) is 19.4 Å². The third-order valence-electron chi connectivity index (χ3n) is 4.78. The molecule has 0 aromatic carbocycles. The van der Waals surface area contributed by atoms with E-state index in [1.54, 1.807) is 11.3 Å². The predicted octanol–water partition coefficient (Wildman–Crippen LogP) is 3.56. The van der Waals surface area contributed by atoms with E-state index < -0.39 is 0 Å². The lowest BCUT2D eigenvalue weighted by molar-refractivity contribution is 0.243. The summed E-state index contributed by atoms with van der Waals surface area (Å²) in [4.78, 5) is 13.1. The van der Waals surface area contributed by atoms with Gasteiger partial charge in [-0.05, 0) is 57.2 Å². The summed E-state index contributed by atoms with van der Waals surface area (Å²) in [6, 6.07) is 6.66. The average molecular weight is 312 g/mol. The molecular weight excluding hydrogens is 292 g/mol. The Morgan fingerprint density at radius 3 is 3.05 bits per heavy atom. The second-order valence-corrected chi connectivity index (χ2v) is 7.43. The minimum absolute atomic E-state index is 0.415. The van der Waals surface area contributed by atoms with Crippen molar-refractivity contribution in [3.05, 3.63) is 39.1 Å². The lowest BCUT2D eigenvalue weighted by Crippen LogP contribution is -2.23. The van der Waals surface area contributed by atoms with Gasteiger partial charge in [0, 0.05) is 17.1 Å². The number of nitrogens with one attached hydrogen (secondary N) is 1. The van der Waals surface area contributed by atoms with Crippen LogP contribution < -0.4 is 0 Å². The number of hydrogen-bond donors (Lipinski definition) is 1. The first-order valence-corrected chi connectivity index (χ1v) is 8.95. The van der Waals surface area contributed by atoms with E-state index in [9.17, 15) is 0 Å². The van der Waals surface area contributed by atoms with Crippen molar-refractivity contribution < 1.29 is 0 Å². The van der Waals surface area contributed by atoms with Crippen LogP contribution >= 0.6 is 11.3 Å². The summed E-state index contributed by atoms with van der Waals surface area (Å²) < 4.78 is 0. The zero-order valence-corrected chi connectivity index (χ0v) is 13.5. The predicted molar refractivity (Wildman–Crippen MR) is 86.6 cm³/mol. The molecule has 5 heteroatoms. The van der Waals surface area contributed by atoms with Crippen LogP contribution in [0.25, 0.3) is 0 Å². The van der Waals surface area contributed by atoms with E-state index >= 15 is 0 Å². The van der Waals surface area contributed by atoms with Crippen LogP contribution in [0.15, 0.2) is 12.1 Å². The number of hydrogen-bond acceptors (Lipinski definition) is 4. The fourth-order valence-electron chi connectivity index (χ4n) is 3.68. The van der Waals surface area contributed by atoms with Gasteiger partial charge in [-0.3, -0.25) is 4.90 Å². The minimum Gasteiger partial charge on any atom is -0.344 e. The molecule has 1 saturated heterocycles. The third kappa shape index (κ3) is 2.57. The van der Waals surface area contributed by atoms with Crippen molar-refractivity contribution in [2.75, 3.05) is 6.54 Å². The van der Waals surface area contributed by atoms with Crippen molar-refractivity contribution in [3.63, 3.8) is 0 Å². The fraction of sp³-hybridized carbons (Fsp3) is 0.529. The van der Waals surface area contributed by atoms with Crippen molar-refractivity contribution in [3.8, 4) is 6.07 Å². The van der Waals surface area contributed by atoms with Crippen molar-refractivity contribution in [2.24, 2.45) is 0 Å². The van der Waals surface area contributed by atoms with Gasteiger partial charge < -0.3 is 4.98 Å². The molecule has 0 unspecified atom stereocenters. The fourth-order valence-corrected chi connectivity index (χ4v) is 4.51. The Morgan fingerprint density at radius 1 is 1.32 bits per heavy atom. The molecule has 3 heterocycles. The second kappa shape index (κ2) is 5.86. The number of thiophene rings is 1. The summed E-state index contributed by atoms with van der Waals surface area (Å²) in [5.74, 6) is 1.17. The molecular formula is C17H20N4S. The SMILES string of the molecule is N#Cc1ccc(CN2CCC[C@H]2c2nc3c([nH]2)CCCC3)s1. The first-order valence-electron chi connectivity index (χ1n) is 8.14. The molecule has 1 atom stereocenters. The van der Waals surface area contributed by atoms with E-state index in [-0.39, 0.29) is 0 Å². The zero-order valence-electron chi connectivity index (χ0n) is 12.6. The van der Waals surface area contributed by atoms with Gasteiger partial charge in [0.25, 0.3) is 0 Å². The van der Waals surface area contributed by atoms with E-state index in [2.05, 4.69) is 22.0 Å². The molecule has 1 aliphatic carbocycles. The lowest BCUT2D eigenvalue weighted by Gasteiger charge is -2.22. The van der Waals surface area contributed by atoms with Crippen LogP contribution in [0.4, 0.5) is 0 Å². The molecule has 2 aromatic heterocycles. The highest BCUT2D eigenvalue weighted by molar-refractivity contribution is 7.12. The standard InChI is InChI=1S/C17H20N4S/c18-10-12-7-8-13(22-12)11-21-9-3-6-16(21)17-19-14-4-1-2-5-15(14)20-17/h7-8,16H,1-6,9,11H2,(H,19,20)/t16-/m0/s1. The maximum absolute atomic E-state index is 8.97. The lowest BCUT2D eigenvalue weighted by atomic mass is 10.0. The van der Waals surface area contributed by atoms with E-state index in [0.29, 0.717) is 6.04 Å². The number of nitriles is 1. The number of aromatic amines is 1. The number of aromatic nitrogens is 2. The Balaban J connectivity index is 1.53. The Kier molecular flexibility index (Phi) is 3.73. The zero-order chi connectivity index (χ0) is 14.9. The van der Waals surface area contributed by atoms with Gasteiger partial charge in [-0.25, -0.2) is 4.98 Å². The second-order valence-electron chi connectivity index (χ2n) is 6.26. The van der Waals surface area contributed by atoms with Gasteiger partial charge in [0.2, 0.25) is 0 Å². The van der Waals surface area contributed by atoms with Gasteiger partial charge in [-0.15, -0.1) is 11.3 Å². The van der Waals surface area contributed by atoms with E-state index in [4.69, 9.17) is 10.2 Å². The molecule has 2 aromatic rings. The molecule has 0 amide bonds. The highest BCUT2D eigenvalue weighted by Crippen LogP contribution is 2.34. The number of likely N-dealkylation sites (tertiary alicyclic amines) is 1. The van der Waals surface area contributed by atoms with Crippen LogP contribution in [0.3, 0.4) is 0 Å². The van der Waals surface area contributed by atoms with E-state index in [1.807, 2.05) is 6.07 Å². The monoisotopic (exact) mass is 312 g/mol. The maximum atomic E-state index is 8.97. The van der Waals surface area contributed by atoms with Crippen LogP contribution in [0.5, 0.6) is 0 Å². The van der Waals surface area contributed by atoms with Gasteiger partial charge >= 0.3 is 0 Å². The number of imidazole rings is 1. The summed E-state index contributed by atoms with van der Waals surface area (Å²) in [7, 11) is 0. The highest BCUT2D eigenvalue weighted by atomic mass is 32.1. The minimum atomic E-state index is 0.415. The van der Waals surface area contributed by atoms with Gasteiger partial charge in [0.15, 0.2) is 0 Å². The first kappa shape index (κ1) is 14.0. The molecule has 114 valence electrons. The molecule has 2 aliphatic rings. The first-order chi connectivity index (χ1) is 10.8. The summed E-state index contributed by atoms with van der Waals surface area (Å²) in [6.07, 6.45) is 7.27. The van der Waals surface area contributed by atoms with Crippen molar-refractivity contribution >= 4 is 11.3 Å². The number of rotatable bonds is 3. The van der Waals surface area contributed by atoms with Gasteiger partial charge in [0.1, 0.15) is 16.8 Å². The highest BCUT2D eigenvalue weighted by Gasteiger charge is 2.30. The molecule has 4 rings (SSSR count). The number of nitrogens with zero attached hydrogens (tertiary/aromatic N) is 3. The van der Waals surface area contributed by atoms with Crippen molar-refractivity contribution in [2.45, 2.75) is 51.1 Å². The summed E-state index contributed by atoms with van der Waals surface area (Å²) in [5, 5.41) is 8.97. The van der Waals surface area contributed by atoms with E-state index in [0.717, 1.165) is 30.8 Å². The molecule has 1 N–H and O–H groups in total. The summed E-state index contributed by atoms with van der Waals surface area (Å²) in [5.41, 5.74) is 2.67. The topological polar surface area (TPSA) is 55.7 Å². The van der Waals surface area contributed by atoms with Gasteiger partial charge in [-0.1, -0.05) is 0 Å². The van der Waals surface area contributed by atoms with Gasteiger partial charge in [-0.2, -0.15) is 5.26 Å². The molecule has 1 fully saturated rings. The smallest absolute Gasteiger partial charge is 0.124 e. The van der Waals surface area contributed by atoms with Crippen LogP contribution in [-0.4, -0.2) is 21.4 Å². The summed E-state index contributed by atoms with van der Waals surface area (Å²) in [6.45, 7) is 2.05. The van der Waals surface area contributed by atoms with Crippen molar-refractivity contribution in [1.82, 2.24) is 14.9 Å². The summed E-state index contributed by atoms with van der Waals surface area (Å²) >= 11 is 1.61.